The highest BCUT2D eigenvalue weighted by Gasteiger charge is 2.05. The number of benzene rings is 2. The third-order valence-electron chi connectivity index (χ3n) is 4.32. The van der Waals surface area contributed by atoms with Crippen LogP contribution in [0.2, 0.25) is 0 Å². The molecular weight excluding hydrogens is 368 g/mol. The van der Waals surface area contributed by atoms with Crippen molar-refractivity contribution in [1.82, 2.24) is 10.6 Å². The van der Waals surface area contributed by atoms with E-state index in [1.807, 2.05) is 42.5 Å². The van der Waals surface area contributed by atoms with Crippen molar-refractivity contribution in [2.45, 2.75) is 26.0 Å². The van der Waals surface area contributed by atoms with Crippen molar-refractivity contribution in [1.29, 1.82) is 0 Å². The molecule has 0 aliphatic rings. The summed E-state index contributed by atoms with van der Waals surface area (Å²) >= 11 is 0. The third kappa shape index (κ3) is 8.23. The molecule has 0 heterocycles. The number of guanidine groups is 1. The smallest absolute Gasteiger partial charge is 0.411 e. The number of amides is 1. The number of anilines is 1. The maximum atomic E-state index is 11.2. The average Bonchev–Trinajstić information content (AvgIpc) is 2.77. The number of nitrogens with one attached hydrogen (secondary N) is 3. The van der Waals surface area contributed by atoms with Gasteiger partial charge in [-0.15, -0.1) is 0 Å². The molecule has 1 amide bonds. The van der Waals surface area contributed by atoms with Gasteiger partial charge in [0.25, 0.3) is 0 Å². The average molecular weight is 399 g/mol. The van der Waals surface area contributed by atoms with Crippen LogP contribution >= 0.6 is 0 Å². The summed E-state index contributed by atoms with van der Waals surface area (Å²) in [6, 6.07) is 17.7. The molecule has 156 valence electrons. The Kier molecular flexibility index (Phi) is 9.51. The first-order valence-corrected chi connectivity index (χ1v) is 9.67. The van der Waals surface area contributed by atoms with Gasteiger partial charge in [-0.05, 0) is 36.6 Å². The maximum absolute atomic E-state index is 11.2. The minimum Gasteiger partial charge on any atom is -0.453 e. The quantitative estimate of drug-likeness (QED) is 0.341. The van der Waals surface area contributed by atoms with Crippen LogP contribution in [-0.2, 0) is 16.0 Å². The van der Waals surface area contributed by atoms with E-state index in [-0.39, 0.29) is 6.10 Å². The fourth-order valence-corrected chi connectivity index (χ4v) is 2.64. The summed E-state index contributed by atoms with van der Waals surface area (Å²) in [5.41, 5.74) is 2.95. The summed E-state index contributed by atoms with van der Waals surface area (Å²) in [4.78, 5) is 15.4. The lowest BCUT2D eigenvalue weighted by atomic mass is 10.1. The van der Waals surface area contributed by atoms with Crippen LogP contribution in [0.25, 0.3) is 0 Å². The van der Waals surface area contributed by atoms with Crippen molar-refractivity contribution in [3.05, 3.63) is 65.7 Å². The number of methoxy groups -OCH3 is 1. The van der Waals surface area contributed by atoms with E-state index < -0.39 is 6.09 Å². The maximum Gasteiger partial charge on any atom is 0.411 e. The molecule has 2 rings (SSSR count). The summed E-state index contributed by atoms with van der Waals surface area (Å²) < 4.78 is 10.5. The summed E-state index contributed by atoms with van der Waals surface area (Å²) in [6.07, 6.45) is 0.485. The molecule has 7 nitrogen and oxygen atoms in total. The summed E-state index contributed by atoms with van der Waals surface area (Å²) in [5.74, 6) is 0.734. The molecule has 0 spiro atoms. The molecule has 2 aromatic carbocycles. The van der Waals surface area contributed by atoms with Gasteiger partial charge in [-0.3, -0.25) is 10.3 Å². The molecule has 0 saturated heterocycles. The Morgan fingerprint density at radius 3 is 2.45 bits per heavy atom. The number of hydrogen-bond donors (Lipinski definition) is 3. The summed E-state index contributed by atoms with van der Waals surface area (Å²) in [7, 11) is 3.08. The molecule has 0 bridgehead atoms. The van der Waals surface area contributed by atoms with Gasteiger partial charge in [0.1, 0.15) is 0 Å². The highest BCUT2D eigenvalue weighted by molar-refractivity contribution is 5.84. The van der Waals surface area contributed by atoms with Gasteiger partial charge in [0, 0.05) is 32.4 Å². The second-order valence-electron chi connectivity index (χ2n) is 6.44. The van der Waals surface area contributed by atoms with E-state index in [1.54, 1.807) is 7.05 Å². The van der Waals surface area contributed by atoms with Crippen molar-refractivity contribution >= 4 is 17.7 Å². The predicted molar refractivity (Wildman–Crippen MR) is 116 cm³/mol. The Hall–Kier alpha value is -3.06. The monoisotopic (exact) mass is 398 g/mol. The van der Waals surface area contributed by atoms with Gasteiger partial charge < -0.3 is 20.1 Å². The molecule has 0 aromatic heterocycles. The molecule has 0 fully saturated rings. The lowest BCUT2D eigenvalue weighted by Crippen LogP contribution is -2.37. The van der Waals surface area contributed by atoms with Crippen LogP contribution in [0.3, 0.4) is 0 Å². The Morgan fingerprint density at radius 2 is 1.79 bits per heavy atom. The van der Waals surface area contributed by atoms with Crippen LogP contribution in [0.5, 0.6) is 0 Å². The van der Waals surface area contributed by atoms with Gasteiger partial charge in [0.05, 0.1) is 13.2 Å². The van der Waals surface area contributed by atoms with Crippen LogP contribution in [0, 0.1) is 0 Å². The standard InChI is InChI=1S/C22H30N4O3/c1-17(19-8-5-4-6-9-19)29-15-7-14-24-21(23-2)25-16-18-10-12-20(13-11-18)26-22(27)28-3/h4-6,8-13,17H,7,14-16H2,1-3H3,(H,26,27)(H2,23,24,25). The van der Waals surface area contributed by atoms with Crippen LogP contribution in [0.1, 0.15) is 30.6 Å². The molecule has 3 N–H and O–H groups in total. The second-order valence-corrected chi connectivity index (χ2v) is 6.44. The van der Waals surface area contributed by atoms with Crippen LogP contribution in [0.15, 0.2) is 59.6 Å². The highest BCUT2D eigenvalue weighted by atomic mass is 16.5. The SMILES string of the molecule is CN=C(NCCCOC(C)c1ccccc1)NCc1ccc(NC(=O)OC)cc1. The van der Waals surface area contributed by atoms with Gasteiger partial charge in [0.15, 0.2) is 5.96 Å². The highest BCUT2D eigenvalue weighted by Crippen LogP contribution is 2.15. The minimum atomic E-state index is -0.484. The Bertz CT molecular complexity index is 763. The van der Waals surface area contributed by atoms with Crippen LogP contribution in [0.4, 0.5) is 10.5 Å². The number of nitrogens with zero attached hydrogens (tertiary/aromatic N) is 1. The zero-order valence-corrected chi connectivity index (χ0v) is 17.3. The number of hydrogen-bond acceptors (Lipinski definition) is 4. The lowest BCUT2D eigenvalue weighted by molar-refractivity contribution is 0.0646. The fourth-order valence-electron chi connectivity index (χ4n) is 2.64. The van der Waals surface area contributed by atoms with Gasteiger partial charge in [-0.1, -0.05) is 42.5 Å². The molecule has 0 saturated carbocycles. The number of ether oxygens (including phenoxy) is 2. The first-order valence-electron chi connectivity index (χ1n) is 9.67. The Balaban J connectivity index is 1.64. The van der Waals surface area contributed by atoms with E-state index in [0.29, 0.717) is 18.8 Å². The third-order valence-corrected chi connectivity index (χ3v) is 4.32. The van der Waals surface area contributed by atoms with Gasteiger partial charge in [0.2, 0.25) is 0 Å². The van der Waals surface area contributed by atoms with Crippen molar-refractivity contribution in [2.24, 2.45) is 4.99 Å². The molecule has 29 heavy (non-hydrogen) atoms. The van der Waals surface area contributed by atoms with E-state index in [2.05, 4.69) is 44.7 Å². The van der Waals surface area contributed by atoms with E-state index in [4.69, 9.17) is 4.74 Å². The number of rotatable bonds is 9. The number of carbonyl (C=O) groups excluding carboxylic acids is 1. The van der Waals surface area contributed by atoms with E-state index >= 15 is 0 Å². The first kappa shape index (κ1) is 22.2. The predicted octanol–water partition coefficient (Wildman–Crippen LogP) is 3.70. The van der Waals surface area contributed by atoms with Gasteiger partial charge in [-0.2, -0.15) is 0 Å². The molecule has 0 radical (unpaired) electrons. The topological polar surface area (TPSA) is 84.0 Å². The number of aliphatic imine (C=N–C) groups is 1. The lowest BCUT2D eigenvalue weighted by Gasteiger charge is -2.15. The fraction of sp³-hybridized carbons (Fsp3) is 0.364. The normalized spacial score (nSPS) is 12.2. The van der Waals surface area contributed by atoms with Gasteiger partial charge in [-0.25, -0.2) is 4.79 Å². The summed E-state index contributed by atoms with van der Waals surface area (Å²) in [6.45, 7) is 4.13. The van der Waals surface area contributed by atoms with E-state index in [1.165, 1.54) is 12.7 Å². The van der Waals surface area contributed by atoms with E-state index in [9.17, 15) is 4.79 Å². The van der Waals surface area contributed by atoms with Crippen molar-refractivity contribution < 1.29 is 14.3 Å². The molecule has 2 aromatic rings. The van der Waals surface area contributed by atoms with Crippen molar-refractivity contribution in [2.75, 3.05) is 32.6 Å². The molecule has 0 aliphatic carbocycles. The molecule has 1 atom stereocenters. The zero-order valence-electron chi connectivity index (χ0n) is 17.3. The largest absolute Gasteiger partial charge is 0.453 e. The zero-order chi connectivity index (χ0) is 20.9. The van der Waals surface area contributed by atoms with Gasteiger partial charge >= 0.3 is 6.09 Å². The number of carbonyl (C=O) groups is 1. The Morgan fingerprint density at radius 1 is 1.07 bits per heavy atom. The van der Waals surface area contributed by atoms with Crippen molar-refractivity contribution in [3.63, 3.8) is 0 Å². The Labute approximate surface area is 172 Å². The second kappa shape index (κ2) is 12.4. The molecule has 7 heteroatoms. The molecule has 0 aliphatic heterocycles. The van der Waals surface area contributed by atoms with E-state index in [0.717, 1.165) is 24.5 Å². The van der Waals surface area contributed by atoms with Crippen LogP contribution < -0.4 is 16.0 Å². The van der Waals surface area contributed by atoms with Crippen molar-refractivity contribution in [3.8, 4) is 0 Å². The summed E-state index contributed by atoms with van der Waals surface area (Å²) in [5, 5.41) is 9.18. The first-order chi connectivity index (χ1) is 14.1. The molecular formula is C22H30N4O3. The molecule has 1 unspecified atom stereocenters. The van der Waals surface area contributed by atoms with Crippen LogP contribution in [-0.4, -0.2) is 39.4 Å². The minimum absolute atomic E-state index is 0.0882.